The Bertz CT molecular complexity index is 512. The van der Waals surface area contributed by atoms with Crippen LogP contribution in [0.5, 0.6) is 0 Å². The van der Waals surface area contributed by atoms with Crippen LogP contribution in [0.15, 0.2) is 30.3 Å². The molecule has 1 heterocycles. The van der Waals surface area contributed by atoms with E-state index >= 15 is 0 Å². The largest absolute Gasteiger partial charge is 0.368 e. The normalized spacial score (nSPS) is 12.1. The maximum Gasteiger partial charge on any atom is 0.229 e. The topological polar surface area (TPSA) is 76.7 Å². The van der Waals surface area contributed by atoms with Crippen molar-refractivity contribution in [2.45, 2.75) is 25.8 Å². The summed E-state index contributed by atoms with van der Waals surface area (Å²) in [6.45, 7) is 2.07. The summed E-state index contributed by atoms with van der Waals surface area (Å²) in [6, 6.07) is 10.5. The molecule has 0 amide bonds. The summed E-state index contributed by atoms with van der Waals surface area (Å²) in [5.74, 6) is 0.538. The van der Waals surface area contributed by atoms with Crippen molar-refractivity contribution in [1.82, 2.24) is 15.0 Å². The number of rotatable bonds is 5. The van der Waals surface area contributed by atoms with Gasteiger partial charge in [-0.2, -0.15) is 15.0 Å². The first-order chi connectivity index (χ1) is 9.13. The van der Waals surface area contributed by atoms with E-state index in [0.717, 1.165) is 12.8 Å². The molecular weight excluding hydrogens is 262 g/mol. The van der Waals surface area contributed by atoms with Gasteiger partial charge in [-0.25, -0.2) is 0 Å². The predicted octanol–water partition coefficient (Wildman–Crippen LogP) is 2.54. The maximum atomic E-state index is 5.72. The Hall–Kier alpha value is -1.88. The summed E-state index contributed by atoms with van der Waals surface area (Å²) < 4.78 is 0. The number of hydrogen-bond donors (Lipinski definition) is 2. The van der Waals surface area contributed by atoms with Crippen molar-refractivity contribution in [2.75, 3.05) is 11.1 Å². The van der Waals surface area contributed by atoms with Crippen LogP contribution in [0.1, 0.15) is 18.9 Å². The van der Waals surface area contributed by atoms with Gasteiger partial charge in [0.25, 0.3) is 0 Å². The average molecular weight is 278 g/mol. The lowest BCUT2D eigenvalue weighted by Gasteiger charge is -2.13. The fraction of sp³-hybridized carbons (Fsp3) is 0.308. The van der Waals surface area contributed by atoms with Crippen molar-refractivity contribution in [3.8, 4) is 0 Å². The molecule has 0 radical (unpaired) electrons. The second-order valence-corrected chi connectivity index (χ2v) is 4.69. The molecule has 0 fully saturated rings. The van der Waals surface area contributed by atoms with E-state index in [4.69, 9.17) is 17.3 Å². The molecule has 0 saturated carbocycles. The highest BCUT2D eigenvalue weighted by Crippen LogP contribution is 2.11. The smallest absolute Gasteiger partial charge is 0.229 e. The van der Waals surface area contributed by atoms with E-state index in [2.05, 4.69) is 39.3 Å². The number of nitrogen functional groups attached to an aromatic ring is 1. The summed E-state index contributed by atoms with van der Waals surface area (Å²) in [5.41, 5.74) is 6.82. The van der Waals surface area contributed by atoms with Crippen LogP contribution in [0.3, 0.4) is 0 Å². The summed E-state index contributed by atoms with van der Waals surface area (Å²) in [5, 5.41) is 3.27. The van der Waals surface area contributed by atoms with Crippen LogP contribution in [-0.2, 0) is 6.42 Å². The number of aromatic nitrogens is 3. The quantitative estimate of drug-likeness (QED) is 0.878. The van der Waals surface area contributed by atoms with Crippen LogP contribution < -0.4 is 11.1 Å². The number of aryl methyl sites for hydroxylation is 1. The number of halogens is 1. The molecule has 1 unspecified atom stereocenters. The first kappa shape index (κ1) is 13.5. The molecule has 6 heteroatoms. The van der Waals surface area contributed by atoms with Crippen LogP contribution in [0.4, 0.5) is 11.9 Å². The molecule has 3 N–H and O–H groups in total. The highest BCUT2D eigenvalue weighted by molar-refractivity contribution is 6.28. The molecule has 1 atom stereocenters. The van der Waals surface area contributed by atoms with E-state index in [-0.39, 0.29) is 17.3 Å². The summed E-state index contributed by atoms with van der Waals surface area (Å²) >= 11 is 5.72. The second-order valence-electron chi connectivity index (χ2n) is 4.36. The Morgan fingerprint density at radius 2 is 1.95 bits per heavy atom. The van der Waals surface area contributed by atoms with E-state index in [1.165, 1.54) is 5.56 Å². The minimum Gasteiger partial charge on any atom is -0.368 e. The lowest BCUT2D eigenvalue weighted by molar-refractivity contribution is 0.698. The van der Waals surface area contributed by atoms with Gasteiger partial charge in [0, 0.05) is 6.04 Å². The van der Waals surface area contributed by atoms with Gasteiger partial charge in [-0.3, -0.25) is 0 Å². The SMILES string of the molecule is CC(CCc1ccccc1)Nc1nc(N)nc(Cl)n1. The number of nitrogens with two attached hydrogens (primary N) is 1. The molecule has 2 rings (SSSR count). The Kier molecular flexibility index (Phi) is 4.52. The van der Waals surface area contributed by atoms with Crippen LogP contribution in [-0.4, -0.2) is 21.0 Å². The van der Waals surface area contributed by atoms with Crippen molar-refractivity contribution in [2.24, 2.45) is 0 Å². The van der Waals surface area contributed by atoms with Gasteiger partial charge < -0.3 is 11.1 Å². The van der Waals surface area contributed by atoms with E-state index in [1.54, 1.807) is 0 Å². The molecule has 19 heavy (non-hydrogen) atoms. The van der Waals surface area contributed by atoms with E-state index in [9.17, 15) is 0 Å². The van der Waals surface area contributed by atoms with Gasteiger partial charge in [0.1, 0.15) is 0 Å². The Morgan fingerprint density at radius 3 is 2.63 bits per heavy atom. The van der Waals surface area contributed by atoms with Crippen molar-refractivity contribution < 1.29 is 0 Å². The summed E-state index contributed by atoms with van der Waals surface area (Å²) in [7, 11) is 0. The predicted molar refractivity (Wildman–Crippen MR) is 77.1 cm³/mol. The highest BCUT2D eigenvalue weighted by atomic mass is 35.5. The molecular formula is C13H16ClN5. The molecule has 0 aliphatic rings. The zero-order valence-electron chi connectivity index (χ0n) is 10.7. The van der Waals surface area contributed by atoms with Crippen LogP contribution >= 0.6 is 11.6 Å². The first-order valence-electron chi connectivity index (χ1n) is 6.11. The molecule has 0 saturated heterocycles. The molecule has 2 aromatic rings. The van der Waals surface area contributed by atoms with Gasteiger partial charge in [0.2, 0.25) is 17.2 Å². The number of benzene rings is 1. The van der Waals surface area contributed by atoms with Gasteiger partial charge in [-0.15, -0.1) is 0 Å². The number of anilines is 2. The van der Waals surface area contributed by atoms with E-state index in [0.29, 0.717) is 5.95 Å². The molecule has 1 aromatic heterocycles. The number of nitrogens with one attached hydrogen (secondary N) is 1. The van der Waals surface area contributed by atoms with Crippen molar-refractivity contribution in [3.05, 3.63) is 41.2 Å². The number of hydrogen-bond acceptors (Lipinski definition) is 5. The van der Waals surface area contributed by atoms with E-state index in [1.807, 2.05) is 18.2 Å². The second kappa shape index (κ2) is 6.33. The Labute approximate surface area is 117 Å². The molecule has 5 nitrogen and oxygen atoms in total. The molecule has 1 aromatic carbocycles. The Balaban J connectivity index is 1.89. The van der Waals surface area contributed by atoms with Crippen molar-refractivity contribution in [1.29, 1.82) is 0 Å². The average Bonchev–Trinajstić information content (AvgIpc) is 2.36. The van der Waals surface area contributed by atoms with Crippen molar-refractivity contribution in [3.63, 3.8) is 0 Å². The first-order valence-corrected chi connectivity index (χ1v) is 6.49. The fourth-order valence-corrected chi connectivity index (χ4v) is 1.92. The molecule has 0 aliphatic heterocycles. The van der Waals surface area contributed by atoms with Gasteiger partial charge in [-0.05, 0) is 36.9 Å². The monoisotopic (exact) mass is 277 g/mol. The van der Waals surface area contributed by atoms with E-state index < -0.39 is 0 Å². The maximum absolute atomic E-state index is 5.72. The fourth-order valence-electron chi connectivity index (χ4n) is 1.75. The minimum atomic E-state index is 0.102. The zero-order chi connectivity index (χ0) is 13.7. The van der Waals surface area contributed by atoms with Gasteiger partial charge in [0.05, 0.1) is 0 Å². The van der Waals surface area contributed by atoms with Crippen LogP contribution in [0, 0.1) is 0 Å². The standard InChI is InChI=1S/C13H16ClN5/c1-9(7-8-10-5-3-2-4-6-10)16-13-18-11(14)17-12(15)19-13/h2-6,9H,7-8H2,1H3,(H3,15,16,17,18,19). The minimum absolute atomic E-state index is 0.102. The zero-order valence-corrected chi connectivity index (χ0v) is 11.4. The molecule has 100 valence electrons. The van der Waals surface area contributed by atoms with Crippen molar-refractivity contribution >= 4 is 23.5 Å². The molecule has 0 bridgehead atoms. The lowest BCUT2D eigenvalue weighted by Crippen LogP contribution is -2.18. The third-order valence-electron chi connectivity index (χ3n) is 2.71. The third-order valence-corrected chi connectivity index (χ3v) is 2.88. The summed E-state index contributed by atoms with van der Waals surface area (Å²) in [6.07, 6.45) is 1.95. The molecule has 0 spiro atoms. The van der Waals surface area contributed by atoms with Crippen LogP contribution in [0.25, 0.3) is 0 Å². The molecule has 0 aliphatic carbocycles. The summed E-state index contributed by atoms with van der Waals surface area (Å²) in [4.78, 5) is 11.7. The lowest BCUT2D eigenvalue weighted by atomic mass is 10.1. The van der Waals surface area contributed by atoms with Gasteiger partial charge in [0.15, 0.2) is 0 Å². The highest BCUT2D eigenvalue weighted by Gasteiger charge is 2.07. The number of nitrogens with zero attached hydrogens (tertiary/aromatic N) is 3. The van der Waals surface area contributed by atoms with Gasteiger partial charge in [-0.1, -0.05) is 30.3 Å². The van der Waals surface area contributed by atoms with Gasteiger partial charge >= 0.3 is 0 Å². The van der Waals surface area contributed by atoms with Crippen LogP contribution in [0.2, 0.25) is 5.28 Å². The third kappa shape index (κ3) is 4.37. The Morgan fingerprint density at radius 1 is 1.21 bits per heavy atom.